The van der Waals surface area contributed by atoms with Crippen LogP contribution in [0.3, 0.4) is 0 Å². The van der Waals surface area contributed by atoms with Crippen molar-refractivity contribution in [3.8, 4) is 0 Å². The molecule has 0 heterocycles. The van der Waals surface area contributed by atoms with Gasteiger partial charge in [-0.15, -0.1) is 11.6 Å². The lowest BCUT2D eigenvalue weighted by Gasteiger charge is -2.28. The van der Waals surface area contributed by atoms with Gasteiger partial charge < -0.3 is 5.32 Å². The van der Waals surface area contributed by atoms with Gasteiger partial charge in [0.25, 0.3) is 5.91 Å². The van der Waals surface area contributed by atoms with E-state index in [0.717, 1.165) is 42.0 Å². The van der Waals surface area contributed by atoms with E-state index in [1.807, 2.05) is 42.5 Å². The van der Waals surface area contributed by atoms with Gasteiger partial charge in [0, 0.05) is 11.6 Å². The van der Waals surface area contributed by atoms with Crippen LogP contribution >= 0.6 is 11.6 Å². The molecule has 0 radical (unpaired) electrons. The zero-order valence-corrected chi connectivity index (χ0v) is 12.1. The number of carbonyl (C=O) groups is 1. The van der Waals surface area contributed by atoms with Gasteiger partial charge in [0.15, 0.2) is 0 Å². The van der Waals surface area contributed by atoms with Crippen LogP contribution in [0.1, 0.15) is 36.0 Å². The predicted octanol–water partition coefficient (Wildman–Crippen LogP) is 4.12. The van der Waals surface area contributed by atoms with Gasteiger partial charge in [-0.2, -0.15) is 0 Å². The molecule has 2 unspecified atom stereocenters. The highest BCUT2D eigenvalue weighted by molar-refractivity contribution is 6.21. The maximum atomic E-state index is 12.5. The SMILES string of the molecule is O=C(NC1CCCCC1Cl)c1cccc2ccccc12. The Morgan fingerprint density at radius 2 is 1.80 bits per heavy atom. The Hall–Kier alpha value is -1.54. The molecule has 1 amide bonds. The second-order valence-electron chi connectivity index (χ2n) is 5.41. The molecule has 0 aromatic heterocycles. The standard InChI is InChI=1S/C17H18ClNO/c18-15-10-3-4-11-16(15)19-17(20)14-9-5-7-12-6-1-2-8-13(12)14/h1-2,5-9,15-16H,3-4,10-11H2,(H,19,20). The molecule has 0 aliphatic heterocycles. The minimum atomic E-state index is -0.0145. The average molecular weight is 288 g/mol. The molecule has 3 rings (SSSR count). The lowest BCUT2D eigenvalue weighted by molar-refractivity contribution is 0.0930. The number of alkyl halides is 1. The fourth-order valence-corrected chi connectivity index (χ4v) is 3.26. The third kappa shape index (κ3) is 2.66. The number of nitrogens with one attached hydrogen (secondary N) is 1. The molecule has 3 heteroatoms. The first kappa shape index (κ1) is 13.4. The van der Waals surface area contributed by atoms with E-state index in [1.54, 1.807) is 0 Å². The summed E-state index contributed by atoms with van der Waals surface area (Å²) >= 11 is 6.32. The zero-order valence-electron chi connectivity index (χ0n) is 11.3. The molecule has 104 valence electrons. The van der Waals surface area contributed by atoms with Crippen molar-refractivity contribution in [2.24, 2.45) is 0 Å². The number of carbonyl (C=O) groups excluding carboxylic acids is 1. The Bertz CT molecular complexity index is 620. The van der Waals surface area contributed by atoms with Gasteiger partial charge in [0.2, 0.25) is 0 Å². The first-order valence-electron chi connectivity index (χ1n) is 7.18. The summed E-state index contributed by atoms with van der Waals surface area (Å²) < 4.78 is 0. The minimum absolute atomic E-state index is 0.0145. The molecule has 2 nitrogen and oxygen atoms in total. The van der Waals surface area contributed by atoms with Crippen molar-refractivity contribution in [1.82, 2.24) is 5.32 Å². The van der Waals surface area contributed by atoms with Crippen molar-refractivity contribution in [1.29, 1.82) is 0 Å². The van der Waals surface area contributed by atoms with E-state index >= 15 is 0 Å². The topological polar surface area (TPSA) is 29.1 Å². The maximum Gasteiger partial charge on any atom is 0.252 e. The van der Waals surface area contributed by atoms with Gasteiger partial charge in [0.05, 0.1) is 5.38 Å². The number of halogens is 1. The number of hydrogen-bond acceptors (Lipinski definition) is 1. The Balaban J connectivity index is 1.85. The Labute approximate surface area is 124 Å². The summed E-state index contributed by atoms with van der Waals surface area (Å²) in [6, 6.07) is 13.9. The molecular formula is C17H18ClNO. The molecule has 2 aromatic carbocycles. The Morgan fingerprint density at radius 3 is 2.65 bits per heavy atom. The van der Waals surface area contributed by atoms with Crippen molar-refractivity contribution >= 4 is 28.3 Å². The highest BCUT2D eigenvalue weighted by Crippen LogP contribution is 2.24. The molecule has 20 heavy (non-hydrogen) atoms. The van der Waals surface area contributed by atoms with Crippen LogP contribution in [0.15, 0.2) is 42.5 Å². The van der Waals surface area contributed by atoms with E-state index < -0.39 is 0 Å². The first-order chi connectivity index (χ1) is 9.75. The molecule has 0 spiro atoms. The number of amides is 1. The van der Waals surface area contributed by atoms with E-state index in [4.69, 9.17) is 11.6 Å². The van der Waals surface area contributed by atoms with Gasteiger partial charge in [-0.05, 0) is 29.7 Å². The van der Waals surface area contributed by atoms with Crippen LogP contribution in [0.25, 0.3) is 10.8 Å². The maximum absolute atomic E-state index is 12.5. The third-order valence-electron chi connectivity index (χ3n) is 4.03. The van der Waals surface area contributed by atoms with Gasteiger partial charge in [-0.25, -0.2) is 0 Å². The van der Waals surface area contributed by atoms with Crippen LogP contribution in [-0.4, -0.2) is 17.3 Å². The van der Waals surface area contributed by atoms with E-state index in [1.165, 1.54) is 0 Å². The van der Waals surface area contributed by atoms with Gasteiger partial charge in [-0.1, -0.05) is 49.2 Å². The average Bonchev–Trinajstić information content (AvgIpc) is 2.49. The highest BCUT2D eigenvalue weighted by Gasteiger charge is 2.25. The Morgan fingerprint density at radius 1 is 1.05 bits per heavy atom. The predicted molar refractivity (Wildman–Crippen MR) is 83.3 cm³/mol. The lowest BCUT2D eigenvalue weighted by Crippen LogP contribution is -2.42. The summed E-state index contributed by atoms with van der Waals surface area (Å²) in [5.74, 6) is -0.0145. The molecule has 1 fully saturated rings. The molecule has 1 aliphatic rings. The molecular weight excluding hydrogens is 270 g/mol. The van der Waals surface area contributed by atoms with Crippen LogP contribution in [-0.2, 0) is 0 Å². The van der Waals surface area contributed by atoms with E-state index in [2.05, 4.69) is 5.32 Å². The first-order valence-corrected chi connectivity index (χ1v) is 7.62. The minimum Gasteiger partial charge on any atom is -0.348 e. The van der Waals surface area contributed by atoms with Crippen molar-refractivity contribution in [3.63, 3.8) is 0 Å². The van der Waals surface area contributed by atoms with Crippen molar-refractivity contribution in [3.05, 3.63) is 48.0 Å². The molecule has 1 saturated carbocycles. The smallest absolute Gasteiger partial charge is 0.252 e. The zero-order chi connectivity index (χ0) is 13.9. The summed E-state index contributed by atoms with van der Waals surface area (Å²) in [6.45, 7) is 0. The van der Waals surface area contributed by atoms with Crippen molar-refractivity contribution in [2.75, 3.05) is 0 Å². The molecule has 2 aromatic rings. The van der Waals surface area contributed by atoms with E-state index in [9.17, 15) is 4.79 Å². The molecule has 0 saturated heterocycles. The number of rotatable bonds is 2. The Kier molecular flexibility index (Phi) is 3.93. The van der Waals surface area contributed by atoms with Gasteiger partial charge >= 0.3 is 0 Å². The fraction of sp³-hybridized carbons (Fsp3) is 0.353. The van der Waals surface area contributed by atoms with Crippen LogP contribution in [0.4, 0.5) is 0 Å². The van der Waals surface area contributed by atoms with Gasteiger partial charge in [0.1, 0.15) is 0 Å². The summed E-state index contributed by atoms with van der Waals surface area (Å²) in [4.78, 5) is 12.5. The monoisotopic (exact) mass is 287 g/mol. The summed E-state index contributed by atoms with van der Waals surface area (Å²) in [7, 11) is 0. The molecule has 1 N–H and O–H groups in total. The van der Waals surface area contributed by atoms with Crippen LogP contribution < -0.4 is 5.32 Å². The normalized spacial score (nSPS) is 22.6. The van der Waals surface area contributed by atoms with Crippen LogP contribution in [0.5, 0.6) is 0 Å². The summed E-state index contributed by atoms with van der Waals surface area (Å²) in [5.41, 5.74) is 0.734. The lowest BCUT2D eigenvalue weighted by atomic mass is 9.94. The fourth-order valence-electron chi connectivity index (χ4n) is 2.92. The quantitative estimate of drug-likeness (QED) is 0.827. The third-order valence-corrected chi connectivity index (χ3v) is 4.55. The highest BCUT2D eigenvalue weighted by atomic mass is 35.5. The van der Waals surface area contributed by atoms with Crippen molar-refractivity contribution in [2.45, 2.75) is 37.1 Å². The van der Waals surface area contributed by atoms with Gasteiger partial charge in [-0.3, -0.25) is 4.79 Å². The molecule has 1 aliphatic carbocycles. The van der Waals surface area contributed by atoms with E-state index in [-0.39, 0.29) is 17.3 Å². The number of benzene rings is 2. The van der Waals surface area contributed by atoms with Crippen LogP contribution in [0, 0.1) is 0 Å². The number of fused-ring (bicyclic) bond motifs is 1. The number of hydrogen-bond donors (Lipinski definition) is 1. The summed E-state index contributed by atoms with van der Waals surface area (Å²) in [5, 5.41) is 5.25. The molecule has 2 atom stereocenters. The second kappa shape index (κ2) is 5.84. The van der Waals surface area contributed by atoms with Crippen LogP contribution in [0.2, 0.25) is 0 Å². The van der Waals surface area contributed by atoms with Crippen molar-refractivity contribution < 1.29 is 4.79 Å². The second-order valence-corrected chi connectivity index (χ2v) is 5.97. The van der Waals surface area contributed by atoms with E-state index in [0.29, 0.717) is 0 Å². The summed E-state index contributed by atoms with van der Waals surface area (Å²) in [6.07, 6.45) is 4.27. The molecule has 0 bridgehead atoms. The largest absolute Gasteiger partial charge is 0.348 e.